The first-order valence-electron chi connectivity index (χ1n) is 8.02. The van der Waals surface area contributed by atoms with Gasteiger partial charge in [-0.3, -0.25) is 4.79 Å². The van der Waals surface area contributed by atoms with E-state index in [9.17, 15) is 4.79 Å². The van der Waals surface area contributed by atoms with Crippen LogP contribution in [0.1, 0.15) is 53.5 Å². The Bertz CT molecular complexity index is 718. The molecule has 0 bridgehead atoms. The van der Waals surface area contributed by atoms with Crippen LogP contribution in [0.15, 0.2) is 36.4 Å². The Hall–Kier alpha value is -1.83. The maximum atomic E-state index is 11.8. The standard InChI is InChI=1S/C20H21BO/c1-13(22)11-20(16-6-3-7-17(21)12-16)19-10-9-15-5-4-8-18(15)14(19)2/h3,6-7,9-10,12,20H,4-5,8,11H2,1-2H3. The molecule has 1 aliphatic rings. The van der Waals surface area contributed by atoms with Crippen molar-refractivity contribution in [1.29, 1.82) is 0 Å². The summed E-state index contributed by atoms with van der Waals surface area (Å²) in [6, 6.07) is 12.4. The van der Waals surface area contributed by atoms with Crippen molar-refractivity contribution >= 4 is 19.1 Å². The molecule has 110 valence electrons. The Balaban J connectivity index is 2.09. The fourth-order valence-electron chi connectivity index (χ4n) is 3.72. The molecule has 0 aromatic heterocycles. The molecular formula is C20H21BO. The van der Waals surface area contributed by atoms with Gasteiger partial charge in [0.05, 0.1) is 0 Å². The van der Waals surface area contributed by atoms with E-state index in [0.717, 1.165) is 11.0 Å². The third kappa shape index (κ3) is 2.88. The Labute approximate surface area is 134 Å². The molecule has 0 N–H and O–H groups in total. The molecule has 2 aromatic rings. The minimum absolute atomic E-state index is 0.104. The van der Waals surface area contributed by atoms with E-state index in [1.807, 2.05) is 18.2 Å². The number of carbonyl (C=O) groups is 1. The Morgan fingerprint density at radius 1 is 1.23 bits per heavy atom. The van der Waals surface area contributed by atoms with Crippen LogP contribution in [0.25, 0.3) is 0 Å². The molecule has 1 atom stereocenters. The Kier molecular flexibility index (Phi) is 4.20. The number of hydrogen-bond acceptors (Lipinski definition) is 1. The highest BCUT2D eigenvalue weighted by atomic mass is 16.1. The summed E-state index contributed by atoms with van der Waals surface area (Å²) in [5, 5.41) is 0. The number of aryl methyl sites for hydroxylation is 1. The summed E-state index contributed by atoms with van der Waals surface area (Å²) in [5.74, 6) is 0.319. The van der Waals surface area contributed by atoms with Crippen LogP contribution in [0.4, 0.5) is 0 Å². The van der Waals surface area contributed by atoms with Crippen molar-refractivity contribution in [3.8, 4) is 0 Å². The third-order valence-electron chi connectivity index (χ3n) is 4.79. The smallest absolute Gasteiger partial charge is 0.130 e. The van der Waals surface area contributed by atoms with E-state index in [0.29, 0.717) is 6.42 Å². The lowest BCUT2D eigenvalue weighted by Crippen LogP contribution is -2.12. The fourth-order valence-corrected chi connectivity index (χ4v) is 3.72. The first-order valence-corrected chi connectivity index (χ1v) is 8.02. The van der Waals surface area contributed by atoms with Crippen molar-refractivity contribution in [2.75, 3.05) is 0 Å². The highest BCUT2D eigenvalue weighted by Crippen LogP contribution is 2.35. The molecule has 2 heteroatoms. The van der Waals surface area contributed by atoms with Gasteiger partial charge in [0.1, 0.15) is 13.6 Å². The van der Waals surface area contributed by atoms with Gasteiger partial charge in [0.15, 0.2) is 0 Å². The van der Waals surface area contributed by atoms with E-state index >= 15 is 0 Å². The van der Waals surface area contributed by atoms with Gasteiger partial charge in [0, 0.05) is 12.3 Å². The normalized spacial score (nSPS) is 14.6. The van der Waals surface area contributed by atoms with Gasteiger partial charge in [-0.25, -0.2) is 0 Å². The Morgan fingerprint density at radius 3 is 2.77 bits per heavy atom. The maximum absolute atomic E-state index is 11.8. The fraction of sp³-hybridized carbons (Fsp3) is 0.350. The van der Waals surface area contributed by atoms with Gasteiger partial charge in [0.2, 0.25) is 0 Å². The predicted octanol–water partition coefficient (Wildman–Crippen LogP) is 3.39. The summed E-state index contributed by atoms with van der Waals surface area (Å²) < 4.78 is 0. The van der Waals surface area contributed by atoms with Gasteiger partial charge in [0.25, 0.3) is 0 Å². The minimum Gasteiger partial charge on any atom is -0.300 e. The number of ketones is 1. The van der Waals surface area contributed by atoms with Gasteiger partial charge >= 0.3 is 0 Å². The maximum Gasteiger partial charge on any atom is 0.130 e. The molecule has 0 saturated heterocycles. The predicted molar refractivity (Wildman–Crippen MR) is 92.2 cm³/mol. The SMILES string of the molecule is [B]c1cccc(C(CC(C)=O)c2ccc3c(c2C)CCC3)c1. The van der Waals surface area contributed by atoms with E-state index in [1.165, 1.54) is 41.5 Å². The molecule has 2 radical (unpaired) electrons. The van der Waals surface area contributed by atoms with E-state index in [1.54, 1.807) is 6.92 Å². The third-order valence-corrected chi connectivity index (χ3v) is 4.79. The molecule has 2 aromatic carbocycles. The van der Waals surface area contributed by atoms with Gasteiger partial charge in [-0.1, -0.05) is 41.9 Å². The van der Waals surface area contributed by atoms with Crippen LogP contribution in [0.2, 0.25) is 0 Å². The number of Topliss-reactive ketones (excluding diaryl/α,β-unsaturated/α-hetero) is 1. The zero-order chi connectivity index (χ0) is 15.7. The lowest BCUT2D eigenvalue weighted by atomic mass is 9.81. The van der Waals surface area contributed by atoms with Crippen LogP contribution >= 0.6 is 0 Å². The average molecular weight is 288 g/mol. The van der Waals surface area contributed by atoms with Gasteiger partial charge in [-0.2, -0.15) is 0 Å². The number of carbonyl (C=O) groups excluding carboxylic acids is 1. The second-order valence-electron chi connectivity index (χ2n) is 6.40. The molecule has 22 heavy (non-hydrogen) atoms. The molecule has 1 nitrogen and oxygen atoms in total. The summed E-state index contributed by atoms with van der Waals surface area (Å²) in [6.07, 6.45) is 4.13. The summed E-state index contributed by atoms with van der Waals surface area (Å²) >= 11 is 0. The second-order valence-corrected chi connectivity index (χ2v) is 6.40. The molecule has 0 aliphatic heterocycles. The summed E-state index contributed by atoms with van der Waals surface area (Å²) in [4.78, 5) is 11.8. The first kappa shape index (κ1) is 15.1. The molecule has 3 rings (SSSR count). The highest BCUT2D eigenvalue weighted by Gasteiger charge is 2.22. The van der Waals surface area contributed by atoms with Gasteiger partial charge in [-0.15, -0.1) is 0 Å². The molecular weight excluding hydrogens is 267 g/mol. The van der Waals surface area contributed by atoms with Crippen LogP contribution in [-0.4, -0.2) is 13.6 Å². The van der Waals surface area contributed by atoms with E-state index in [-0.39, 0.29) is 11.7 Å². The van der Waals surface area contributed by atoms with Crippen molar-refractivity contribution < 1.29 is 4.79 Å². The second kappa shape index (κ2) is 6.12. The van der Waals surface area contributed by atoms with Crippen molar-refractivity contribution in [2.45, 2.75) is 45.4 Å². The minimum atomic E-state index is 0.104. The summed E-state index contributed by atoms with van der Waals surface area (Å²) in [7, 11) is 5.95. The number of fused-ring (bicyclic) bond motifs is 1. The summed E-state index contributed by atoms with van der Waals surface area (Å²) in [5.41, 5.74) is 7.51. The molecule has 1 aliphatic carbocycles. The number of benzene rings is 2. The first-order chi connectivity index (χ1) is 10.6. The summed E-state index contributed by atoms with van der Waals surface area (Å²) in [6.45, 7) is 3.88. The van der Waals surface area contributed by atoms with E-state index < -0.39 is 0 Å². The van der Waals surface area contributed by atoms with Gasteiger partial charge in [-0.05, 0) is 60.9 Å². The van der Waals surface area contributed by atoms with Crippen molar-refractivity contribution in [3.05, 3.63) is 64.2 Å². The lowest BCUT2D eigenvalue weighted by molar-refractivity contribution is -0.117. The van der Waals surface area contributed by atoms with Crippen molar-refractivity contribution in [1.82, 2.24) is 0 Å². The monoisotopic (exact) mass is 288 g/mol. The van der Waals surface area contributed by atoms with Crippen LogP contribution in [0, 0.1) is 6.92 Å². The van der Waals surface area contributed by atoms with Crippen LogP contribution in [-0.2, 0) is 17.6 Å². The van der Waals surface area contributed by atoms with Crippen molar-refractivity contribution in [2.24, 2.45) is 0 Å². The Morgan fingerprint density at radius 2 is 2.05 bits per heavy atom. The van der Waals surface area contributed by atoms with E-state index in [4.69, 9.17) is 7.85 Å². The van der Waals surface area contributed by atoms with Crippen LogP contribution in [0.3, 0.4) is 0 Å². The zero-order valence-corrected chi connectivity index (χ0v) is 13.4. The number of hydrogen-bond donors (Lipinski definition) is 0. The number of rotatable bonds is 4. The molecule has 0 heterocycles. The molecule has 0 amide bonds. The van der Waals surface area contributed by atoms with Crippen molar-refractivity contribution in [3.63, 3.8) is 0 Å². The quantitative estimate of drug-likeness (QED) is 0.788. The topological polar surface area (TPSA) is 17.1 Å². The highest BCUT2D eigenvalue weighted by molar-refractivity contribution is 6.32. The molecule has 0 saturated carbocycles. The zero-order valence-electron chi connectivity index (χ0n) is 13.4. The van der Waals surface area contributed by atoms with Crippen LogP contribution in [0.5, 0.6) is 0 Å². The van der Waals surface area contributed by atoms with E-state index in [2.05, 4.69) is 25.1 Å². The molecule has 0 spiro atoms. The lowest BCUT2D eigenvalue weighted by Gasteiger charge is -2.21. The van der Waals surface area contributed by atoms with Gasteiger partial charge < -0.3 is 0 Å². The molecule has 0 fully saturated rings. The molecule has 1 unspecified atom stereocenters. The average Bonchev–Trinajstić information content (AvgIpc) is 2.95. The van der Waals surface area contributed by atoms with Crippen LogP contribution < -0.4 is 5.46 Å². The largest absolute Gasteiger partial charge is 0.300 e.